The van der Waals surface area contributed by atoms with Crippen LogP contribution in [-0.4, -0.2) is 37.9 Å². The number of halogens is 9. The summed E-state index contributed by atoms with van der Waals surface area (Å²) in [6.07, 6.45) is -12.2. The largest absolute Gasteiger partial charge is 0.476 e. The number of alkyl halides is 8. The van der Waals surface area contributed by atoms with Crippen molar-refractivity contribution in [1.82, 2.24) is 14.8 Å². The van der Waals surface area contributed by atoms with Gasteiger partial charge in [-0.15, -0.1) is 0 Å². The van der Waals surface area contributed by atoms with Gasteiger partial charge in [0, 0.05) is 7.05 Å². The number of anilines is 1. The molecule has 0 bridgehead atoms. The van der Waals surface area contributed by atoms with Gasteiger partial charge in [-0.25, -0.2) is 9.78 Å². The third-order valence-corrected chi connectivity index (χ3v) is 4.13. The van der Waals surface area contributed by atoms with E-state index >= 15 is 0 Å². The molecule has 0 aliphatic rings. The number of aromatic carboxylic acids is 1. The Balaban J connectivity index is 2.61. The lowest BCUT2D eigenvalue weighted by Crippen LogP contribution is -2.36. The Kier molecular flexibility index (Phi) is 5.86. The van der Waals surface area contributed by atoms with E-state index in [0.29, 0.717) is 7.05 Å². The standard InChI is InChI=1S/C14H7BrF8N4O3/c1-27-8(10(28)25-5-3-2-4(15)7(24-5)11(29)30)6(13(18,19)20)9(26-27)12(16,17)14(21,22)23/h2-3H,1H3,(H,29,30)(H,24,25,28). The van der Waals surface area contributed by atoms with Crippen LogP contribution in [0.25, 0.3) is 0 Å². The van der Waals surface area contributed by atoms with E-state index in [1.165, 1.54) is 0 Å². The Bertz CT molecular complexity index is 1020. The first-order valence-electron chi connectivity index (χ1n) is 7.29. The highest BCUT2D eigenvalue weighted by molar-refractivity contribution is 9.10. The zero-order valence-corrected chi connectivity index (χ0v) is 15.7. The second-order valence-electron chi connectivity index (χ2n) is 5.55. The highest BCUT2D eigenvalue weighted by Gasteiger charge is 2.64. The highest BCUT2D eigenvalue weighted by atomic mass is 79.9. The summed E-state index contributed by atoms with van der Waals surface area (Å²) in [4.78, 5) is 26.7. The van der Waals surface area contributed by atoms with Gasteiger partial charge in [-0.1, -0.05) is 0 Å². The molecule has 30 heavy (non-hydrogen) atoms. The summed E-state index contributed by atoms with van der Waals surface area (Å²) in [6, 6.07) is 2.01. The second-order valence-corrected chi connectivity index (χ2v) is 6.41. The average molecular weight is 511 g/mol. The summed E-state index contributed by atoms with van der Waals surface area (Å²) in [5.41, 5.74) is -7.62. The predicted octanol–water partition coefficient (Wildman–Crippen LogP) is 4.20. The zero-order chi connectivity index (χ0) is 23.2. The van der Waals surface area contributed by atoms with E-state index in [1.54, 1.807) is 5.32 Å². The van der Waals surface area contributed by atoms with Crippen LogP contribution >= 0.6 is 15.9 Å². The Labute approximate surface area is 168 Å². The van der Waals surface area contributed by atoms with Gasteiger partial charge >= 0.3 is 24.2 Å². The lowest BCUT2D eigenvalue weighted by molar-refractivity contribution is -0.292. The molecule has 0 saturated carbocycles. The molecule has 164 valence electrons. The van der Waals surface area contributed by atoms with Crippen LogP contribution in [-0.2, 0) is 19.1 Å². The first kappa shape index (κ1) is 23.5. The molecule has 2 heterocycles. The number of carbonyl (C=O) groups excluding carboxylic acids is 1. The predicted molar refractivity (Wildman–Crippen MR) is 85.0 cm³/mol. The second kappa shape index (κ2) is 7.48. The van der Waals surface area contributed by atoms with E-state index in [-0.39, 0.29) is 9.15 Å². The van der Waals surface area contributed by atoms with Crippen LogP contribution in [0.1, 0.15) is 32.2 Å². The molecule has 0 fully saturated rings. The summed E-state index contributed by atoms with van der Waals surface area (Å²) in [6.45, 7) is 0. The molecule has 0 unspecified atom stereocenters. The van der Waals surface area contributed by atoms with Gasteiger partial charge in [-0.3, -0.25) is 9.48 Å². The van der Waals surface area contributed by atoms with Crippen molar-refractivity contribution in [3.8, 4) is 0 Å². The number of aryl methyl sites for hydroxylation is 1. The number of carboxylic acid groups (broad SMARTS) is 1. The maximum absolute atomic E-state index is 13.6. The Morgan fingerprint density at radius 2 is 1.67 bits per heavy atom. The molecule has 0 spiro atoms. The molecular weight excluding hydrogens is 504 g/mol. The third kappa shape index (κ3) is 4.22. The summed E-state index contributed by atoms with van der Waals surface area (Å²) < 4.78 is 105. The molecule has 0 aromatic carbocycles. The lowest BCUT2D eigenvalue weighted by atomic mass is 10.1. The first-order chi connectivity index (χ1) is 13.5. The van der Waals surface area contributed by atoms with Crippen LogP contribution < -0.4 is 5.32 Å². The van der Waals surface area contributed by atoms with Crippen molar-refractivity contribution >= 4 is 33.6 Å². The zero-order valence-electron chi connectivity index (χ0n) is 14.2. The van der Waals surface area contributed by atoms with Crippen molar-refractivity contribution in [2.24, 2.45) is 7.05 Å². The number of nitrogens with one attached hydrogen (secondary N) is 1. The van der Waals surface area contributed by atoms with Crippen molar-refractivity contribution in [1.29, 1.82) is 0 Å². The van der Waals surface area contributed by atoms with Crippen LogP contribution in [0.4, 0.5) is 40.9 Å². The van der Waals surface area contributed by atoms with Crippen LogP contribution in [0.15, 0.2) is 16.6 Å². The summed E-state index contributed by atoms with van der Waals surface area (Å²) in [5.74, 6) is -10.0. The molecule has 2 N–H and O–H groups in total. The number of rotatable bonds is 4. The van der Waals surface area contributed by atoms with Crippen molar-refractivity contribution in [3.63, 3.8) is 0 Å². The van der Waals surface area contributed by atoms with E-state index in [0.717, 1.165) is 12.1 Å². The van der Waals surface area contributed by atoms with Crippen LogP contribution in [0.2, 0.25) is 0 Å². The fraction of sp³-hybridized carbons (Fsp3) is 0.286. The molecule has 2 rings (SSSR count). The lowest BCUT2D eigenvalue weighted by Gasteiger charge is -2.19. The number of pyridine rings is 1. The number of amides is 1. The van der Waals surface area contributed by atoms with E-state index in [9.17, 15) is 44.7 Å². The number of carbonyl (C=O) groups is 2. The Morgan fingerprint density at radius 3 is 2.13 bits per heavy atom. The third-order valence-electron chi connectivity index (χ3n) is 3.49. The molecule has 0 saturated heterocycles. The number of hydrogen-bond acceptors (Lipinski definition) is 4. The fourth-order valence-corrected chi connectivity index (χ4v) is 2.63. The van der Waals surface area contributed by atoms with Crippen LogP contribution in [0.5, 0.6) is 0 Å². The normalized spacial score (nSPS) is 12.7. The molecule has 2 aromatic heterocycles. The molecule has 0 aliphatic heterocycles. The Hall–Kier alpha value is -2.78. The van der Waals surface area contributed by atoms with Gasteiger partial charge in [-0.05, 0) is 28.1 Å². The number of aromatic nitrogens is 3. The molecular formula is C14H7BrF8N4O3. The maximum Gasteiger partial charge on any atom is 0.459 e. The molecule has 2 aromatic rings. The van der Waals surface area contributed by atoms with Crippen molar-refractivity contribution in [2.75, 3.05) is 5.32 Å². The average Bonchev–Trinajstić information content (AvgIpc) is 2.93. The van der Waals surface area contributed by atoms with Crippen molar-refractivity contribution in [2.45, 2.75) is 18.3 Å². The van der Waals surface area contributed by atoms with Crippen LogP contribution in [0, 0.1) is 0 Å². The summed E-state index contributed by atoms with van der Waals surface area (Å²) >= 11 is 2.83. The maximum atomic E-state index is 13.6. The van der Waals surface area contributed by atoms with E-state index in [1.807, 2.05) is 0 Å². The molecule has 0 aliphatic carbocycles. The van der Waals surface area contributed by atoms with Gasteiger partial charge in [0.1, 0.15) is 17.1 Å². The smallest absolute Gasteiger partial charge is 0.459 e. The van der Waals surface area contributed by atoms with Gasteiger partial charge in [0.25, 0.3) is 5.91 Å². The summed E-state index contributed by atoms with van der Waals surface area (Å²) in [5, 5.41) is 13.2. The number of nitrogens with zero attached hydrogens (tertiary/aromatic N) is 3. The van der Waals surface area contributed by atoms with Gasteiger partial charge < -0.3 is 10.4 Å². The molecule has 0 radical (unpaired) electrons. The monoisotopic (exact) mass is 510 g/mol. The topological polar surface area (TPSA) is 97.1 Å². The van der Waals surface area contributed by atoms with Crippen LogP contribution in [0.3, 0.4) is 0 Å². The van der Waals surface area contributed by atoms with Gasteiger partial charge in [0.15, 0.2) is 11.4 Å². The SMILES string of the molecule is Cn1nc(C(F)(F)C(F)(F)F)c(C(F)(F)F)c1C(=O)Nc1ccc(Br)c(C(=O)O)n1. The van der Waals surface area contributed by atoms with Gasteiger partial charge in [0.2, 0.25) is 0 Å². The van der Waals surface area contributed by atoms with E-state index < -0.39 is 58.6 Å². The van der Waals surface area contributed by atoms with Crippen molar-refractivity contribution < 1.29 is 49.8 Å². The molecule has 1 amide bonds. The molecule has 16 heteroatoms. The molecule has 0 atom stereocenters. The highest BCUT2D eigenvalue weighted by Crippen LogP contribution is 2.48. The van der Waals surface area contributed by atoms with E-state index in [2.05, 4.69) is 26.0 Å². The van der Waals surface area contributed by atoms with Gasteiger partial charge in [-0.2, -0.15) is 40.2 Å². The van der Waals surface area contributed by atoms with E-state index in [4.69, 9.17) is 5.11 Å². The minimum Gasteiger partial charge on any atom is -0.476 e. The number of carboxylic acids is 1. The minimum atomic E-state index is -6.42. The number of hydrogen-bond donors (Lipinski definition) is 2. The first-order valence-corrected chi connectivity index (χ1v) is 8.08. The molecule has 7 nitrogen and oxygen atoms in total. The fourth-order valence-electron chi connectivity index (χ4n) is 2.24. The summed E-state index contributed by atoms with van der Waals surface area (Å²) in [7, 11) is 0.553. The van der Waals surface area contributed by atoms with Gasteiger partial charge in [0.05, 0.1) is 4.47 Å². The minimum absolute atomic E-state index is 0.0587. The Morgan fingerprint density at radius 1 is 1.10 bits per heavy atom. The van der Waals surface area contributed by atoms with Crippen molar-refractivity contribution in [3.05, 3.63) is 39.3 Å². The quantitative estimate of drug-likeness (QED) is 0.601.